The first-order chi connectivity index (χ1) is 19.6. The molecule has 2 aromatic rings. The van der Waals surface area contributed by atoms with Gasteiger partial charge in [-0.1, -0.05) is 0 Å². The number of anilines is 1. The molecule has 18 nitrogen and oxygen atoms in total. The molecule has 4 N–H and O–H groups in total. The van der Waals surface area contributed by atoms with Crippen LogP contribution in [0.1, 0.15) is 40.8 Å². The van der Waals surface area contributed by atoms with E-state index >= 15 is 0 Å². The highest BCUT2D eigenvalue weighted by Crippen LogP contribution is 2.53. The number of hydrogen-bond acceptors (Lipinski definition) is 17. The zero-order chi connectivity index (χ0) is 31.3. The number of fused-ring (bicyclic) bond motifs is 1. The number of halogens is 1. The molecule has 2 aromatic heterocycles. The van der Waals surface area contributed by atoms with Crippen molar-refractivity contribution in [1.29, 1.82) is 0 Å². The number of imidazole rings is 1. The van der Waals surface area contributed by atoms with Crippen LogP contribution in [0.15, 0.2) is 12.7 Å². The number of aromatic nitrogens is 4. The van der Waals surface area contributed by atoms with E-state index in [1.807, 2.05) is 0 Å². The lowest BCUT2D eigenvalue weighted by molar-refractivity contribution is -0.139. The zero-order valence-electron chi connectivity index (χ0n) is 23.4. The van der Waals surface area contributed by atoms with E-state index in [9.17, 15) is 28.8 Å². The van der Waals surface area contributed by atoms with Crippen molar-refractivity contribution in [2.24, 2.45) is 0 Å². The van der Waals surface area contributed by atoms with Crippen molar-refractivity contribution in [1.82, 2.24) is 19.5 Å². The standard InChI is InChI=1S/C22H33FN5O13P/c1-12(2)39-19(30)34-10-37-42(33,38-11-35-20(31)40-13(3)4)36-7-22(6-23)17(29)21(5,32)18(41-22)28-9-27-14-15(24)25-8-26-16(14)28/h8-9,12-13,17-18,29,32H,6-7,10-11H2,1-5H3,(H2,24,25,26)/t17-,18+,21+,22+/m0/s1. The molecular formula is C22H33FN5O13P. The summed E-state index contributed by atoms with van der Waals surface area (Å²) in [6, 6.07) is 0. The minimum atomic E-state index is -4.86. The molecule has 0 radical (unpaired) electrons. The van der Waals surface area contributed by atoms with Crippen LogP contribution in [-0.4, -0.2) is 98.4 Å². The molecule has 1 saturated heterocycles. The first-order valence-electron chi connectivity index (χ1n) is 12.4. The maximum Gasteiger partial charge on any atom is 0.510 e. The molecule has 3 heterocycles. The summed E-state index contributed by atoms with van der Waals surface area (Å²) in [5.74, 6) is 0.0197. The van der Waals surface area contributed by atoms with Gasteiger partial charge >= 0.3 is 20.1 Å². The minimum Gasteiger partial charge on any atom is -0.432 e. The number of carbonyl (C=O) groups excluding carboxylic acids is 2. The van der Waals surface area contributed by atoms with Crippen molar-refractivity contribution >= 4 is 37.1 Å². The van der Waals surface area contributed by atoms with E-state index in [0.717, 1.165) is 13.3 Å². The van der Waals surface area contributed by atoms with E-state index in [-0.39, 0.29) is 17.0 Å². The van der Waals surface area contributed by atoms with Gasteiger partial charge in [0.25, 0.3) is 0 Å². The van der Waals surface area contributed by atoms with E-state index in [1.54, 1.807) is 27.7 Å². The van der Waals surface area contributed by atoms with Gasteiger partial charge in [-0.15, -0.1) is 0 Å². The molecule has 42 heavy (non-hydrogen) atoms. The Morgan fingerprint density at radius 2 is 1.67 bits per heavy atom. The Balaban J connectivity index is 1.79. The fraction of sp³-hybridized carbons (Fsp3) is 0.682. The van der Waals surface area contributed by atoms with Gasteiger partial charge in [-0.25, -0.2) is 42.5 Å². The first kappa shape index (κ1) is 33.3. The summed E-state index contributed by atoms with van der Waals surface area (Å²) in [5.41, 5.74) is 1.50. The maximum absolute atomic E-state index is 14.6. The van der Waals surface area contributed by atoms with Crippen LogP contribution in [0.25, 0.3) is 11.2 Å². The SMILES string of the molecule is CC(C)OC(=O)OCOP(=O)(OCOC(=O)OC(C)C)OC[C@@]1(CF)O[C@@H](n2cnc3c(N)ncnc32)[C@](C)(O)[C@@H]1O. The number of nitrogens with two attached hydrogens (primary N) is 1. The topological polar surface area (TPSA) is 235 Å². The number of aliphatic hydroxyl groups is 2. The average molecular weight is 626 g/mol. The van der Waals surface area contributed by atoms with Gasteiger partial charge in [-0.3, -0.25) is 9.09 Å². The van der Waals surface area contributed by atoms with Crippen LogP contribution in [0.3, 0.4) is 0 Å². The Labute approximate surface area is 238 Å². The van der Waals surface area contributed by atoms with Gasteiger partial charge in [-0.2, -0.15) is 0 Å². The lowest BCUT2D eigenvalue weighted by Crippen LogP contribution is -2.53. The van der Waals surface area contributed by atoms with Crippen LogP contribution in [0, 0.1) is 0 Å². The highest BCUT2D eigenvalue weighted by atomic mass is 31.2. The molecule has 0 aromatic carbocycles. The molecule has 0 bridgehead atoms. The Morgan fingerprint density at radius 1 is 1.10 bits per heavy atom. The Morgan fingerprint density at radius 3 is 2.19 bits per heavy atom. The predicted molar refractivity (Wildman–Crippen MR) is 136 cm³/mol. The quantitative estimate of drug-likeness (QED) is 0.164. The second kappa shape index (κ2) is 13.4. The molecule has 3 rings (SSSR count). The fourth-order valence-corrected chi connectivity index (χ4v) is 4.70. The number of nitrogens with zero attached hydrogens (tertiary/aromatic N) is 4. The summed E-state index contributed by atoms with van der Waals surface area (Å²) in [5, 5.41) is 22.2. The Hall–Kier alpha value is -3.19. The van der Waals surface area contributed by atoms with Crippen molar-refractivity contribution in [3.05, 3.63) is 12.7 Å². The predicted octanol–water partition coefficient (Wildman–Crippen LogP) is 1.95. The summed E-state index contributed by atoms with van der Waals surface area (Å²) >= 11 is 0. The number of aliphatic hydroxyl groups excluding tert-OH is 1. The van der Waals surface area contributed by atoms with Crippen molar-refractivity contribution in [2.75, 3.05) is 32.6 Å². The lowest BCUT2D eigenvalue weighted by Gasteiger charge is -2.31. The van der Waals surface area contributed by atoms with Crippen LogP contribution < -0.4 is 5.73 Å². The van der Waals surface area contributed by atoms with Gasteiger partial charge in [0, 0.05) is 0 Å². The highest BCUT2D eigenvalue weighted by Gasteiger charge is 2.63. The summed E-state index contributed by atoms with van der Waals surface area (Å²) in [7, 11) is -4.86. The third kappa shape index (κ3) is 7.60. The molecule has 0 spiro atoms. The van der Waals surface area contributed by atoms with E-state index < -0.39 is 82.7 Å². The van der Waals surface area contributed by atoms with Crippen molar-refractivity contribution in [2.45, 2.75) is 70.4 Å². The molecule has 1 aliphatic heterocycles. The van der Waals surface area contributed by atoms with E-state index in [4.69, 9.17) is 33.5 Å². The van der Waals surface area contributed by atoms with Crippen LogP contribution in [-0.2, 0) is 41.8 Å². The summed E-state index contributed by atoms with van der Waals surface area (Å²) in [6.07, 6.45) is -4.63. The molecule has 0 aliphatic carbocycles. The largest absolute Gasteiger partial charge is 0.510 e. The fourth-order valence-electron chi connectivity index (χ4n) is 3.74. The molecular weight excluding hydrogens is 592 g/mol. The second-order valence-corrected chi connectivity index (χ2v) is 11.4. The molecule has 236 valence electrons. The van der Waals surface area contributed by atoms with Crippen molar-refractivity contribution < 1.29 is 66.0 Å². The third-order valence-electron chi connectivity index (χ3n) is 5.67. The van der Waals surface area contributed by atoms with Crippen molar-refractivity contribution in [3.63, 3.8) is 0 Å². The molecule has 4 atom stereocenters. The van der Waals surface area contributed by atoms with Gasteiger partial charge in [0.2, 0.25) is 13.6 Å². The molecule has 1 fully saturated rings. The van der Waals surface area contributed by atoms with Crippen LogP contribution in [0.2, 0.25) is 0 Å². The van der Waals surface area contributed by atoms with Gasteiger partial charge in [0.1, 0.15) is 30.2 Å². The number of rotatable bonds is 13. The lowest BCUT2D eigenvalue weighted by atomic mass is 9.88. The molecule has 0 amide bonds. The Kier molecular flexibility index (Phi) is 10.6. The van der Waals surface area contributed by atoms with Gasteiger partial charge < -0.3 is 39.6 Å². The number of phosphoric acid groups is 1. The van der Waals surface area contributed by atoms with Crippen molar-refractivity contribution in [3.8, 4) is 0 Å². The third-order valence-corrected chi connectivity index (χ3v) is 6.96. The number of phosphoric ester groups is 1. The Bertz CT molecular complexity index is 1260. The van der Waals surface area contributed by atoms with E-state index in [1.165, 1.54) is 10.9 Å². The number of alkyl halides is 1. The van der Waals surface area contributed by atoms with Gasteiger partial charge in [-0.05, 0) is 34.6 Å². The molecule has 0 saturated carbocycles. The molecule has 20 heteroatoms. The number of hydrogen-bond donors (Lipinski definition) is 3. The minimum absolute atomic E-state index is 0.0197. The molecule has 0 unspecified atom stereocenters. The number of nitrogen functional groups attached to an aromatic ring is 1. The number of ether oxygens (including phenoxy) is 5. The van der Waals surface area contributed by atoms with E-state index in [2.05, 4.69) is 24.4 Å². The normalized spacial score (nSPS) is 24.3. The summed E-state index contributed by atoms with van der Waals surface area (Å²) < 4.78 is 68.8. The highest BCUT2D eigenvalue weighted by molar-refractivity contribution is 7.48. The second-order valence-electron chi connectivity index (χ2n) is 9.72. The smallest absolute Gasteiger partial charge is 0.432 e. The average Bonchev–Trinajstić information content (AvgIpc) is 3.40. The number of carbonyl (C=O) groups is 2. The van der Waals surface area contributed by atoms with Crippen LogP contribution in [0.5, 0.6) is 0 Å². The van der Waals surface area contributed by atoms with Gasteiger partial charge in [0.05, 0.1) is 25.1 Å². The van der Waals surface area contributed by atoms with Crippen LogP contribution in [0.4, 0.5) is 19.8 Å². The molecule has 1 aliphatic rings. The summed E-state index contributed by atoms with van der Waals surface area (Å²) in [4.78, 5) is 35.2. The van der Waals surface area contributed by atoms with E-state index in [0.29, 0.717) is 0 Å². The maximum atomic E-state index is 14.6. The van der Waals surface area contributed by atoms with Crippen LogP contribution >= 0.6 is 7.82 Å². The zero-order valence-corrected chi connectivity index (χ0v) is 24.3. The summed E-state index contributed by atoms with van der Waals surface area (Å²) in [6.45, 7) is 2.76. The van der Waals surface area contributed by atoms with Gasteiger partial charge in [0.15, 0.2) is 23.3 Å². The first-order valence-corrected chi connectivity index (χ1v) is 13.9. The monoisotopic (exact) mass is 625 g/mol.